The third-order valence-corrected chi connectivity index (χ3v) is 9.48. The highest BCUT2D eigenvalue weighted by Crippen LogP contribution is 2.66. The fraction of sp³-hybridized carbons (Fsp3) is 0.697. The van der Waals surface area contributed by atoms with Crippen LogP contribution in [0.1, 0.15) is 105 Å². The summed E-state index contributed by atoms with van der Waals surface area (Å²) in [6.45, 7) is 12.5. The number of benzene rings is 1. The zero-order chi connectivity index (χ0) is 31.0. The van der Waals surface area contributed by atoms with E-state index in [1.807, 2.05) is 26.0 Å². The van der Waals surface area contributed by atoms with Crippen molar-refractivity contribution in [2.45, 2.75) is 129 Å². The lowest BCUT2D eigenvalue weighted by Crippen LogP contribution is -2.54. The van der Waals surface area contributed by atoms with Crippen LogP contribution in [-0.2, 0) is 35.8 Å². The Hall–Kier alpha value is -2.94. The molecule has 9 heteroatoms. The Bertz CT molecular complexity index is 1220. The van der Waals surface area contributed by atoms with Crippen LogP contribution < -0.4 is 21.1 Å². The molecule has 6 atom stereocenters. The molecule has 2 saturated carbocycles. The Kier molecular flexibility index (Phi) is 9.12. The Balaban J connectivity index is 1.44. The van der Waals surface area contributed by atoms with E-state index >= 15 is 0 Å². The summed E-state index contributed by atoms with van der Waals surface area (Å²) in [6, 6.07) is 4.03. The average Bonchev–Trinajstić information content (AvgIpc) is 3.57. The third kappa shape index (κ3) is 6.82. The van der Waals surface area contributed by atoms with Crippen molar-refractivity contribution in [1.29, 1.82) is 0 Å². The first kappa shape index (κ1) is 32.0. The summed E-state index contributed by atoms with van der Waals surface area (Å²) in [7, 11) is 0. The highest BCUT2D eigenvalue weighted by atomic mass is 16.6. The first-order valence-electron chi connectivity index (χ1n) is 15.5. The Labute approximate surface area is 250 Å². The Morgan fingerprint density at radius 1 is 1.10 bits per heavy atom. The number of carbonyl (C=O) groups is 4. The fourth-order valence-electron chi connectivity index (χ4n) is 7.20. The van der Waals surface area contributed by atoms with Crippen LogP contribution in [0.25, 0.3) is 0 Å². The molecular weight excluding hydrogens is 534 g/mol. The van der Waals surface area contributed by atoms with Crippen LogP contribution in [0.3, 0.4) is 0 Å². The van der Waals surface area contributed by atoms with Crippen molar-refractivity contribution < 1.29 is 28.7 Å². The third-order valence-electron chi connectivity index (χ3n) is 9.48. The van der Waals surface area contributed by atoms with Crippen LogP contribution in [0.2, 0.25) is 0 Å². The van der Waals surface area contributed by atoms with Crippen LogP contribution in [0.15, 0.2) is 18.2 Å². The minimum absolute atomic E-state index is 0.0147. The summed E-state index contributed by atoms with van der Waals surface area (Å²) in [5, 5.41) is 5.34. The van der Waals surface area contributed by atoms with Crippen LogP contribution in [-0.4, -0.2) is 47.5 Å². The summed E-state index contributed by atoms with van der Waals surface area (Å²) < 4.78 is 11.2. The molecular formula is C33H49N3O6. The van der Waals surface area contributed by atoms with Crippen LogP contribution in [0, 0.1) is 17.3 Å². The van der Waals surface area contributed by atoms with Crippen molar-refractivity contribution in [1.82, 2.24) is 10.6 Å². The molecule has 3 aliphatic carbocycles. The van der Waals surface area contributed by atoms with E-state index < -0.39 is 41.4 Å². The van der Waals surface area contributed by atoms with Gasteiger partial charge in [0.05, 0.1) is 0 Å². The molecule has 232 valence electrons. The average molecular weight is 584 g/mol. The van der Waals surface area contributed by atoms with Gasteiger partial charge in [-0.15, -0.1) is 0 Å². The zero-order valence-electron chi connectivity index (χ0n) is 26.3. The molecule has 0 heterocycles. The molecule has 4 rings (SSSR count). The lowest BCUT2D eigenvalue weighted by atomic mass is 9.59. The largest absolute Gasteiger partial charge is 0.458 e. The zero-order valence-corrected chi connectivity index (χ0v) is 26.3. The SMILES string of the molecule is CC(=O)N[C@@H](CCC(=O)N[C@H](C(=O)OC(C)(C)C)C(C)C)C(=O)Oc1ccc2c(c1)[C@@]1(C)CCCC[C@H]3CC3(C2)[C@@H]1N. The predicted octanol–water partition coefficient (Wildman–Crippen LogP) is 4.08. The maximum absolute atomic E-state index is 13.3. The van der Waals surface area contributed by atoms with Gasteiger partial charge in [-0.3, -0.25) is 9.59 Å². The van der Waals surface area contributed by atoms with E-state index in [0.717, 1.165) is 24.8 Å². The smallest absolute Gasteiger partial charge is 0.334 e. The van der Waals surface area contributed by atoms with Gasteiger partial charge in [0.1, 0.15) is 23.4 Å². The van der Waals surface area contributed by atoms with Crippen LogP contribution >= 0.6 is 0 Å². The van der Waals surface area contributed by atoms with Crippen LogP contribution in [0.4, 0.5) is 0 Å². The van der Waals surface area contributed by atoms with Gasteiger partial charge in [-0.05, 0) is 93.4 Å². The molecule has 2 amide bonds. The first-order chi connectivity index (χ1) is 19.6. The number of hydrogen-bond donors (Lipinski definition) is 3. The molecule has 42 heavy (non-hydrogen) atoms. The molecule has 0 aromatic heterocycles. The van der Waals surface area contributed by atoms with E-state index in [1.54, 1.807) is 20.8 Å². The normalized spacial score (nSPS) is 27.7. The van der Waals surface area contributed by atoms with E-state index in [2.05, 4.69) is 23.6 Å². The standard InChI is InChI=1S/C33H49N3O6/c1-19(2)27(29(40)42-31(4,5)6)36-26(38)14-13-25(35-20(3)37)28(39)41-23-12-11-21-17-33-18-22(33)10-8-9-15-32(7,30(33)34)24(21)16-23/h11-12,16,19,22,25,27,30H,8-10,13-15,17-18,34H2,1-7H3,(H,35,37)(H,36,38)/t22-,25-,27-,30+,32+,33?/m0/s1. The Morgan fingerprint density at radius 3 is 2.45 bits per heavy atom. The quantitative estimate of drug-likeness (QED) is 0.294. The van der Waals surface area contributed by atoms with Crippen molar-refractivity contribution in [2.75, 3.05) is 0 Å². The highest BCUT2D eigenvalue weighted by Gasteiger charge is 2.64. The maximum atomic E-state index is 13.3. The van der Waals surface area contributed by atoms with E-state index in [-0.39, 0.29) is 35.6 Å². The number of fused-ring (bicyclic) bond motifs is 3. The second kappa shape index (κ2) is 12.0. The summed E-state index contributed by atoms with van der Waals surface area (Å²) in [4.78, 5) is 50.6. The molecule has 1 spiro atoms. The summed E-state index contributed by atoms with van der Waals surface area (Å²) in [5.74, 6) is -1.08. The number of ether oxygens (including phenoxy) is 2. The van der Waals surface area contributed by atoms with E-state index in [0.29, 0.717) is 11.7 Å². The highest BCUT2D eigenvalue weighted by molar-refractivity contribution is 5.87. The lowest BCUT2D eigenvalue weighted by molar-refractivity contribution is -0.160. The molecule has 1 aromatic carbocycles. The second-order valence-electron chi connectivity index (χ2n) is 14.3. The van der Waals surface area contributed by atoms with Gasteiger partial charge < -0.3 is 25.8 Å². The molecule has 1 aromatic rings. The van der Waals surface area contributed by atoms with Gasteiger partial charge >= 0.3 is 11.9 Å². The molecule has 2 fully saturated rings. The predicted molar refractivity (Wildman–Crippen MR) is 160 cm³/mol. The molecule has 4 N–H and O–H groups in total. The molecule has 0 saturated heterocycles. The molecule has 0 aliphatic heterocycles. The lowest BCUT2D eigenvalue weighted by Gasteiger charge is -2.48. The van der Waals surface area contributed by atoms with Gasteiger partial charge in [0.2, 0.25) is 11.8 Å². The molecule has 3 aliphatic rings. The number of esters is 2. The van der Waals surface area contributed by atoms with Gasteiger partial charge in [0.25, 0.3) is 0 Å². The van der Waals surface area contributed by atoms with Gasteiger partial charge in [-0.2, -0.15) is 0 Å². The number of carbonyl (C=O) groups excluding carboxylic acids is 4. The summed E-state index contributed by atoms with van der Waals surface area (Å²) in [6.07, 6.45) is 6.68. The summed E-state index contributed by atoms with van der Waals surface area (Å²) in [5.41, 5.74) is 8.72. The van der Waals surface area contributed by atoms with Crippen molar-refractivity contribution >= 4 is 23.8 Å². The minimum Gasteiger partial charge on any atom is -0.458 e. The second-order valence-corrected chi connectivity index (χ2v) is 14.3. The van der Waals surface area contributed by atoms with Crippen molar-refractivity contribution in [3.63, 3.8) is 0 Å². The van der Waals surface area contributed by atoms with Crippen molar-refractivity contribution in [2.24, 2.45) is 23.0 Å². The van der Waals surface area contributed by atoms with Crippen molar-refractivity contribution in [3.8, 4) is 5.75 Å². The van der Waals surface area contributed by atoms with Gasteiger partial charge in [-0.25, -0.2) is 9.59 Å². The van der Waals surface area contributed by atoms with E-state index in [4.69, 9.17) is 15.2 Å². The Morgan fingerprint density at radius 2 is 1.81 bits per heavy atom. The molecule has 9 nitrogen and oxygen atoms in total. The molecule has 0 radical (unpaired) electrons. The van der Waals surface area contributed by atoms with Gasteiger partial charge in [0, 0.05) is 24.8 Å². The molecule has 2 bridgehead atoms. The monoisotopic (exact) mass is 583 g/mol. The van der Waals surface area contributed by atoms with Gasteiger partial charge in [-0.1, -0.05) is 39.7 Å². The van der Waals surface area contributed by atoms with Crippen LogP contribution in [0.5, 0.6) is 5.75 Å². The van der Waals surface area contributed by atoms with Gasteiger partial charge in [0.15, 0.2) is 0 Å². The number of hydrogen-bond acceptors (Lipinski definition) is 7. The van der Waals surface area contributed by atoms with Crippen molar-refractivity contribution in [3.05, 3.63) is 29.3 Å². The maximum Gasteiger partial charge on any atom is 0.334 e. The summed E-state index contributed by atoms with van der Waals surface area (Å²) >= 11 is 0. The number of amides is 2. The minimum atomic E-state index is -1.03. The number of nitrogens with one attached hydrogen (secondary N) is 2. The topological polar surface area (TPSA) is 137 Å². The van der Waals surface area contributed by atoms with E-state index in [1.165, 1.54) is 31.7 Å². The number of rotatable bonds is 9. The fourth-order valence-corrected chi connectivity index (χ4v) is 7.20. The molecule has 1 unspecified atom stereocenters. The first-order valence-corrected chi connectivity index (χ1v) is 15.5. The number of nitrogens with two attached hydrogens (primary N) is 1. The van der Waals surface area contributed by atoms with E-state index in [9.17, 15) is 19.2 Å².